The second-order valence-corrected chi connectivity index (χ2v) is 4.68. The van der Waals surface area contributed by atoms with Gasteiger partial charge in [0.05, 0.1) is 6.10 Å². The van der Waals surface area contributed by atoms with Crippen molar-refractivity contribution < 1.29 is 9.90 Å². The number of benzene rings is 1. The Morgan fingerprint density at radius 3 is 2.88 bits per heavy atom. The molecule has 2 nitrogen and oxygen atoms in total. The zero-order valence-electron chi connectivity index (χ0n) is 9.65. The van der Waals surface area contributed by atoms with Crippen molar-refractivity contribution in [2.75, 3.05) is 0 Å². The predicted molar refractivity (Wildman–Crippen MR) is 63.1 cm³/mol. The molecule has 2 rings (SSSR count). The van der Waals surface area contributed by atoms with E-state index in [1.54, 1.807) is 0 Å². The fourth-order valence-corrected chi connectivity index (χ4v) is 2.43. The number of hydrogen-bond acceptors (Lipinski definition) is 2. The lowest BCUT2D eigenvalue weighted by Crippen LogP contribution is -2.25. The first-order valence-corrected chi connectivity index (χ1v) is 5.96. The van der Waals surface area contributed by atoms with Gasteiger partial charge >= 0.3 is 0 Å². The average molecular weight is 218 g/mol. The van der Waals surface area contributed by atoms with Crippen molar-refractivity contribution in [2.45, 2.75) is 38.7 Å². The van der Waals surface area contributed by atoms with Gasteiger partial charge in [-0.25, -0.2) is 0 Å². The number of aliphatic hydroxyl groups is 1. The molecule has 0 bridgehead atoms. The monoisotopic (exact) mass is 218 g/mol. The topological polar surface area (TPSA) is 37.3 Å². The molecule has 1 fully saturated rings. The molecule has 16 heavy (non-hydrogen) atoms. The normalized spacial score (nSPS) is 23.1. The van der Waals surface area contributed by atoms with Gasteiger partial charge in [0.25, 0.3) is 0 Å². The molecule has 0 spiro atoms. The van der Waals surface area contributed by atoms with Gasteiger partial charge in [0.1, 0.15) is 5.78 Å². The molecule has 0 amide bonds. The second-order valence-electron chi connectivity index (χ2n) is 4.68. The minimum atomic E-state index is -0.618. The molecule has 2 atom stereocenters. The van der Waals surface area contributed by atoms with Crippen LogP contribution in [0.15, 0.2) is 24.3 Å². The summed E-state index contributed by atoms with van der Waals surface area (Å²) < 4.78 is 0. The minimum absolute atomic E-state index is 0.185. The Morgan fingerprint density at radius 1 is 1.38 bits per heavy atom. The summed E-state index contributed by atoms with van der Waals surface area (Å²) in [7, 11) is 0. The number of carbonyl (C=O) groups is 1. The third-order valence-corrected chi connectivity index (χ3v) is 3.37. The minimum Gasteiger partial charge on any atom is -0.388 e. The van der Waals surface area contributed by atoms with E-state index in [1.165, 1.54) is 0 Å². The first-order chi connectivity index (χ1) is 7.68. The van der Waals surface area contributed by atoms with Gasteiger partial charge in [-0.15, -0.1) is 0 Å². The number of rotatable bonds is 2. The maximum Gasteiger partial charge on any atom is 0.138 e. The van der Waals surface area contributed by atoms with Crippen molar-refractivity contribution >= 4 is 5.78 Å². The van der Waals surface area contributed by atoms with Crippen LogP contribution in [0.25, 0.3) is 0 Å². The summed E-state index contributed by atoms with van der Waals surface area (Å²) >= 11 is 0. The van der Waals surface area contributed by atoms with E-state index >= 15 is 0 Å². The van der Waals surface area contributed by atoms with Gasteiger partial charge in [-0.2, -0.15) is 0 Å². The van der Waals surface area contributed by atoms with E-state index in [4.69, 9.17) is 0 Å². The van der Waals surface area contributed by atoms with Gasteiger partial charge in [-0.1, -0.05) is 36.2 Å². The van der Waals surface area contributed by atoms with E-state index in [0.29, 0.717) is 6.42 Å². The molecule has 0 heterocycles. The highest BCUT2D eigenvalue weighted by Gasteiger charge is 2.29. The van der Waals surface area contributed by atoms with Crippen molar-refractivity contribution in [1.29, 1.82) is 0 Å². The van der Waals surface area contributed by atoms with Crippen molar-refractivity contribution in [1.82, 2.24) is 0 Å². The Bertz CT molecular complexity index is 384. The molecule has 0 aliphatic heterocycles. The van der Waals surface area contributed by atoms with E-state index in [-0.39, 0.29) is 11.7 Å². The molecule has 1 aromatic carbocycles. The average Bonchev–Trinajstić information content (AvgIpc) is 2.29. The van der Waals surface area contributed by atoms with Crippen molar-refractivity contribution in [3.63, 3.8) is 0 Å². The van der Waals surface area contributed by atoms with Crippen LogP contribution in [0.1, 0.15) is 42.9 Å². The molecule has 0 aromatic heterocycles. The van der Waals surface area contributed by atoms with Gasteiger partial charge in [0.15, 0.2) is 0 Å². The third kappa shape index (κ3) is 2.33. The highest BCUT2D eigenvalue weighted by Crippen LogP contribution is 2.32. The van der Waals surface area contributed by atoms with E-state index in [2.05, 4.69) is 0 Å². The molecule has 1 saturated carbocycles. The quantitative estimate of drug-likeness (QED) is 0.828. The van der Waals surface area contributed by atoms with Crippen LogP contribution in [0.2, 0.25) is 0 Å². The zero-order valence-corrected chi connectivity index (χ0v) is 9.65. The maximum atomic E-state index is 11.7. The molecule has 1 aromatic rings. The van der Waals surface area contributed by atoms with Gasteiger partial charge < -0.3 is 5.11 Å². The lowest BCUT2D eigenvalue weighted by Gasteiger charge is -2.25. The second kappa shape index (κ2) is 4.79. The predicted octanol–water partition coefficient (Wildman–Crippen LogP) is 2.79. The Kier molecular flexibility index (Phi) is 3.39. The van der Waals surface area contributed by atoms with Crippen molar-refractivity contribution in [2.24, 2.45) is 5.92 Å². The molecule has 0 unspecified atom stereocenters. The van der Waals surface area contributed by atoms with E-state index in [9.17, 15) is 9.90 Å². The summed E-state index contributed by atoms with van der Waals surface area (Å²) in [5.74, 6) is 0.0378. The molecule has 1 aliphatic carbocycles. The number of aliphatic hydroxyl groups excluding tert-OH is 1. The molecule has 2 heteroatoms. The first kappa shape index (κ1) is 11.3. The molecule has 0 saturated heterocycles. The molecular formula is C14H18O2. The largest absolute Gasteiger partial charge is 0.388 e. The van der Waals surface area contributed by atoms with Crippen molar-refractivity contribution in [3.8, 4) is 0 Å². The van der Waals surface area contributed by atoms with Gasteiger partial charge in [-0.05, 0) is 25.3 Å². The molecule has 86 valence electrons. The van der Waals surface area contributed by atoms with Gasteiger partial charge in [0.2, 0.25) is 0 Å². The Morgan fingerprint density at radius 2 is 2.19 bits per heavy atom. The highest BCUT2D eigenvalue weighted by atomic mass is 16.3. The fraction of sp³-hybridized carbons (Fsp3) is 0.500. The standard InChI is InChI=1S/C14H18O2/c1-10-5-4-6-11(9-10)14(16)12-7-2-3-8-13(12)15/h4-6,9,12,14,16H,2-3,7-8H2,1H3/t12-,14-/m0/s1. The molecule has 0 radical (unpaired) electrons. The van der Waals surface area contributed by atoms with Crippen LogP contribution < -0.4 is 0 Å². The van der Waals surface area contributed by atoms with Crippen LogP contribution in [-0.4, -0.2) is 10.9 Å². The Labute approximate surface area is 96.3 Å². The number of carbonyl (C=O) groups excluding carboxylic acids is 1. The maximum absolute atomic E-state index is 11.7. The van der Waals surface area contributed by atoms with Crippen LogP contribution in [0.5, 0.6) is 0 Å². The number of hydrogen-bond donors (Lipinski definition) is 1. The zero-order chi connectivity index (χ0) is 11.5. The number of aryl methyl sites for hydroxylation is 1. The first-order valence-electron chi connectivity index (χ1n) is 5.96. The lowest BCUT2D eigenvalue weighted by atomic mass is 9.81. The lowest BCUT2D eigenvalue weighted by molar-refractivity contribution is -0.128. The molecule has 1 aliphatic rings. The van der Waals surface area contributed by atoms with Crippen LogP contribution in [-0.2, 0) is 4.79 Å². The van der Waals surface area contributed by atoms with Crippen molar-refractivity contribution in [3.05, 3.63) is 35.4 Å². The Hall–Kier alpha value is -1.15. The summed E-state index contributed by atoms with van der Waals surface area (Å²) in [6, 6.07) is 7.80. The fourth-order valence-electron chi connectivity index (χ4n) is 2.43. The SMILES string of the molecule is Cc1cccc([C@H](O)[C@H]2CCCCC2=O)c1. The van der Waals surface area contributed by atoms with E-state index in [1.807, 2.05) is 31.2 Å². The van der Waals surface area contributed by atoms with E-state index in [0.717, 1.165) is 30.4 Å². The van der Waals surface area contributed by atoms with Crippen LogP contribution in [0.4, 0.5) is 0 Å². The summed E-state index contributed by atoms with van der Waals surface area (Å²) in [4.78, 5) is 11.7. The third-order valence-electron chi connectivity index (χ3n) is 3.37. The summed E-state index contributed by atoms with van der Waals surface area (Å²) in [6.07, 6.45) is 2.88. The number of Topliss-reactive ketones (excluding diaryl/α,β-unsaturated/α-hetero) is 1. The molecule has 1 N–H and O–H groups in total. The van der Waals surface area contributed by atoms with E-state index < -0.39 is 6.10 Å². The number of ketones is 1. The van der Waals surface area contributed by atoms with Gasteiger partial charge in [-0.3, -0.25) is 4.79 Å². The summed E-state index contributed by atoms with van der Waals surface area (Å²) in [5.41, 5.74) is 2.00. The van der Waals surface area contributed by atoms with Gasteiger partial charge in [0, 0.05) is 12.3 Å². The molecular weight excluding hydrogens is 200 g/mol. The highest BCUT2D eigenvalue weighted by molar-refractivity contribution is 5.82. The summed E-state index contributed by atoms with van der Waals surface area (Å²) in [6.45, 7) is 2.00. The van der Waals surface area contributed by atoms with Crippen LogP contribution in [0, 0.1) is 12.8 Å². The smallest absolute Gasteiger partial charge is 0.138 e. The summed E-state index contributed by atoms with van der Waals surface area (Å²) in [5, 5.41) is 10.2. The Balaban J connectivity index is 2.17. The van der Waals surface area contributed by atoms with Crippen LogP contribution in [0.3, 0.4) is 0 Å². The van der Waals surface area contributed by atoms with Crippen LogP contribution >= 0.6 is 0 Å².